The van der Waals surface area contributed by atoms with Gasteiger partial charge in [-0.15, -0.1) is 0 Å². The first kappa shape index (κ1) is 21.5. The quantitative estimate of drug-likeness (QED) is 0.592. The number of amides is 1. The summed E-state index contributed by atoms with van der Waals surface area (Å²) < 4.78 is 12.5. The fourth-order valence-electron chi connectivity index (χ4n) is 3.87. The standard InChI is InChI=1S/C25H28N4O3/c1-4-8-19-15-24(29(26-19)20-9-6-5-7-10-20)25(30)28-13-11-27(12-14-28)21-16-22(31-2)18-23(17-21)32-3/h4-10,15-18H,11-14H2,1-3H3. The van der Waals surface area contributed by atoms with Gasteiger partial charge in [-0.25, -0.2) is 4.68 Å². The Labute approximate surface area is 188 Å². The number of methoxy groups -OCH3 is 2. The van der Waals surface area contributed by atoms with E-state index in [1.54, 1.807) is 18.9 Å². The molecule has 1 aliphatic rings. The molecule has 7 nitrogen and oxygen atoms in total. The molecule has 1 aliphatic heterocycles. The van der Waals surface area contributed by atoms with Crippen LogP contribution in [0.4, 0.5) is 5.69 Å². The number of carbonyl (C=O) groups is 1. The van der Waals surface area contributed by atoms with Gasteiger partial charge in [0, 0.05) is 50.1 Å². The van der Waals surface area contributed by atoms with Gasteiger partial charge in [-0.1, -0.05) is 24.3 Å². The summed E-state index contributed by atoms with van der Waals surface area (Å²) in [6, 6.07) is 17.5. The lowest BCUT2D eigenvalue weighted by molar-refractivity contribution is 0.0737. The summed E-state index contributed by atoms with van der Waals surface area (Å²) in [5, 5.41) is 4.63. The van der Waals surface area contributed by atoms with Gasteiger partial charge in [0.15, 0.2) is 0 Å². The summed E-state index contributed by atoms with van der Waals surface area (Å²) in [6.45, 7) is 4.64. The number of rotatable bonds is 6. The third kappa shape index (κ3) is 4.46. The van der Waals surface area contributed by atoms with Crippen LogP contribution in [0, 0.1) is 0 Å². The van der Waals surface area contributed by atoms with Crippen LogP contribution in [0.25, 0.3) is 11.8 Å². The van der Waals surface area contributed by atoms with Crippen LogP contribution in [-0.2, 0) is 0 Å². The van der Waals surface area contributed by atoms with E-state index < -0.39 is 0 Å². The van der Waals surface area contributed by atoms with Gasteiger partial charge >= 0.3 is 0 Å². The maximum absolute atomic E-state index is 13.4. The average Bonchev–Trinajstić information content (AvgIpc) is 3.28. The Bertz CT molecular complexity index is 1080. The second-order valence-electron chi connectivity index (χ2n) is 7.55. The normalized spacial score (nSPS) is 14.1. The van der Waals surface area contributed by atoms with Gasteiger partial charge in [-0.3, -0.25) is 4.79 Å². The van der Waals surface area contributed by atoms with Crippen LogP contribution in [0.3, 0.4) is 0 Å². The fraction of sp³-hybridized carbons (Fsp3) is 0.280. The number of hydrogen-bond acceptors (Lipinski definition) is 5. The predicted molar refractivity (Wildman–Crippen MR) is 126 cm³/mol. The molecular weight excluding hydrogens is 404 g/mol. The molecule has 0 aliphatic carbocycles. The van der Waals surface area contributed by atoms with Gasteiger partial charge in [0.2, 0.25) is 0 Å². The zero-order chi connectivity index (χ0) is 22.5. The van der Waals surface area contributed by atoms with E-state index in [4.69, 9.17) is 9.47 Å². The summed E-state index contributed by atoms with van der Waals surface area (Å²) in [6.07, 6.45) is 3.83. The smallest absolute Gasteiger partial charge is 0.272 e. The van der Waals surface area contributed by atoms with Gasteiger partial charge < -0.3 is 19.3 Å². The number of ether oxygens (including phenoxy) is 2. The fourth-order valence-corrected chi connectivity index (χ4v) is 3.87. The summed E-state index contributed by atoms with van der Waals surface area (Å²) in [4.78, 5) is 17.6. The zero-order valence-electron chi connectivity index (χ0n) is 18.7. The molecule has 0 unspecified atom stereocenters. The van der Waals surface area contributed by atoms with E-state index in [0.717, 1.165) is 41.7 Å². The van der Waals surface area contributed by atoms with Crippen LogP contribution in [0.5, 0.6) is 11.5 Å². The first-order valence-corrected chi connectivity index (χ1v) is 10.7. The molecule has 0 bridgehead atoms. The van der Waals surface area contributed by atoms with Crippen molar-refractivity contribution in [1.82, 2.24) is 14.7 Å². The SMILES string of the molecule is CC=Cc1cc(C(=O)N2CCN(c3cc(OC)cc(OC)c3)CC2)n(-c2ccccc2)n1. The Balaban J connectivity index is 1.53. The summed E-state index contributed by atoms with van der Waals surface area (Å²) in [7, 11) is 3.29. The number of hydrogen-bond donors (Lipinski definition) is 0. The first-order valence-electron chi connectivity index (χ1n) is 10.7. The highest BCUT2D eigenvalue weighted by Gasteiger charge is 2.26. The maximum atomic E-state index is 13.4. The van der Waals surface area contributed by atoms with Crippen LogP contribution in [-0.4, -0.2) is 61.0 Å². The molecule has 1 aromatic heterocycles. The second kappa shape index (κ2) is 9.60. The Kier molecular flexibility index (Phi) is 6.44. The molecule has 1 saturated heterocycles. The molecule has 1 amide bonds. The molecule has 0 N–H and O–H groups in total. The number of para-hydroxylation sites is 1. The van der Waals surface area contributed by atoms with Crippen molar-refractivity contribution in [1.29, 1.82) is 0 Å². The Hall–Kier alpha value is -3.74. The van der Waals surface area contributed by atoms with Crippen molar-refractivity contribution in [3.8, 4) is 17.2 Å². The lowest BCUT2D eigenvalue weighted by Crippen LogP contribution is -2.49. The van der Waals surface area contributed by atoms with E-state index in [1.807, 2.05) is 78.6 Å². The molecule has 2 heterocycles. The molecule has 1 fully saturated rings. The summed E-state index contributed by atoms with van der Waals surface area (Å²) in [5.74, 6) is 1.49. The van der Waals surface area contributed by atoms with Crippen molar-refractivity contribution in [2.75, 3.05) is 45.3 Å². The highest BCUT2D eigenvalue weighted by Crippen LogP contribution is 2.29. The molecule has 3 aromatic rings. The van der Waals surface area contributed by atoms with Crippen LogP contribution in [0.1, 0.15) is 23.1 Å². The van der Waals surface area contributed by atoms with E-state index in [-0.39, 0.29) is 5.91 Å². The van der Waals surface area contributed by atoms with Crippen LogP contribution in [0.2, 0.25) is 0 Å². The molecule has 166 valence electrons. The lowest BCUT2D eigenvalue weighted by atomic mass is 10.2. The molecule has 2 aromatic carbocycles. The minimum atomic E-state index is -0.0139. The van der Waals surface area contributed by atoms with Crippen molar-refractivity contribution >= 4 is 17.7 Å². The molecule has 0 spiro atoms. The number of anilines is 1. The molecule has 4 rings (SSSR count). The van der Waals surface area contributed by atoms with Crippen molar-refractivity contribution in [3.05, 3.63) is 72.1 Å². The first-order chi connectivity index (χ1) is 15.6. The van der Waals surface area contributed by atoms with Gasteiger partial charge in [0.1, 0.15) is 17.2 Å². The second-order valence-corrected chi connectivity index (χ2v) is 7.55. The number of allylic oxidation sites excluding steroid dienone is 1. The van der Waals surface area contributed by atoms with E-state index >= 15 is 0 Å². The number of carbonyl (C=O) groups excluding carboxylic acids is 1. The minimum Gasteiger partial charge on any atom is -0.497 e. The highest BCUT2D eigenvalue weighted by atomic mass is 16.5. The van der Waals surface area contributed by atoms with E-state index in [9.17, 15) is 4.79 Å². The highest BCUT2D eigenvalue weighted by molar-refractivity contribution is 5.94. The van der Waals surface area contributed by atoms with Crippen LogP contribution < -0.4 is 14.4 Å². The third-order valence-electron chi connectivity index (χ3n) is 5.55. The van der Waals surface area contributed by atoms with Gasteiger partial charge in [0.05, 0.1) is 25.6 Å². The predicted octanol–water partition coefficient (Wildman–Crippen LogP) is 3.89. The van der Waals surface area contributed by atoms with Crippen molar-refractivity contribution in [3.63, 3.8) is 0 Å². The summed E-state index contributed by atoms with van der Waals surface area (Å²) >= 11 is 0. The molecule has 0 atom stereocenters. The Morgan fingerprint density at radius 3 is 2.16 bits per heavy atom. The number of aromatic nitrogens is 2. The van der Waals surface area contributed by atoms with Gasteiger partial charge in [-0.05, 0) is 31.2 Å². The molecular formula is C25H28N4O3. The lowest BCUT2D eigenvalue weighted by Gasteiger charge is -2.36. The molecule has 32 heavy (non-hydrogen) atoms. The van der Waals surface area contributed by atoms with Crippen molar-refractivity contribution in [2.45, 2.75) is 6.92 Å². The van der Waals surface area contributed by atoms with E-state index in [0.29, 0.717) is 18.8 Å². The van der Waals surface area contributed by atoms with E-state index in [2.05, 4.69) is 10.00 Å². The summed E-state index contributed by atoms with van der Waals surface area (Å²) in [5.41, 5.74) is 3.23. The van der Waals surface area contributed by atoms with Crippen LogP contribution in [0.15, 0.2) is 60.7 Å². The molecule has 7 heteroatoms. The maximum Gasteiger partial charge on any atom is 0.272 e. The Morgan fingerprint density at radius 2 is 1.56 bits per heavy atom. The number of piperazine rings is 1. The molecule has 0 saturated carbocycles. The topological polar surface area (TPSA) is 59.8 Å². The van der Waals surface area contributed by atoms with Crippen molar-refractivity contribution in [2.24, 2.45) is 0 Å². The Morgan fingerprint density at radius 1 is 0.906 bits per heavy atom. The zero-order valence-corrected chi connectivity index (χ0v) is 18.7. The number of nitrogens with zero attached hydrogens (tertiary/aromatic N) is 4. The number of benzene rings is 2. The average molecular weight is 433 g/mol. The van der Waals surface area contributed by atoms with E-state index in [1.165, 1.54) is 0 Å². The van der Waals surface area contributed by atoms with Gasteiger partial charge in [-0.2, -0.15) is 5.10 Å². The monoisotopic (exact) mass is 432 g/mol. The van der Waals surface area contributed by atoms with Gasteiger partial charge in [0.25, 0.3) is 5.91 Å². The largest absolute Gasteiger partial charge is 0.497 e. The molecule has 0 radical (unpaired) electrons. The van der Waals surface area contributed by atoms with Crippen LogP contribution >= 0.6 is 0 Å². The van der Waals surface area contributed by atoms with Crippen molar-refractivity contribution < 1.29 is 14.3 Å². The third-order valence-corrected chi connectivity index (χ3v) is 5.55. The minimum absolute atomic E-state index is 0.0139.